The third-order valence-corrected chi connectivity index (χ3v) is 2.00. The van der Waals surface area contributed by atoms with Crippen LogP contribution in [0.4, 0.5) is 0 Å². The van der Waals surface area contributed by atoms with Gasteiger partial charge in [0.15, 0.2) is 0 Å². The van der Waals surface area contributed by atoms with Gasteiger partial charge in [-0.05, 0) is 6.42 Å². The zero-order valence-electron chi connectivity index (χ0n) is 7.79. The van der Waals surface area contributed by atoms with Crippen LogP contribution in [0.25, 0.3) is 0 Å². The molecule has 0 radical (unpaired) electrons. The first-order chi connectivity index (χ1) is 6.20. The zero-order chi connectivity index (χ0) is 9.84. The third-order valence-electron chi connectivity index (χ3n) is 2.00. The molecular formula is C10H14O3. The fraction of sp³-hybridized carbons (Fsp3) is 0.500. The van der Waals surface area contributed by atoms with E-state index >= 15 is 0 Å². The van der Waals surface area contributed by atoms with Crippen molar-refractivity contribution in [2.24, 2.45) is 0 Å². The molecule has 0 aliphatic carbocycles. The van der Waals surface area contributed by atoms with E-state index in [2.05, 4.69) is 13.2 Å². The van der Waals surface area contributed by atoms with Crippen molar-refractivity contribution >= 4 is 5.97 Å². The molecule has 0 aromatic heterocycles. The number of rotatable bonds is 4. The van der Waals surface area contributed by atoms with E-state index in [0.29, 0.717) is 12.2 Å². The summed E-state index contributed by atoms with van der Waals surface area (Å²) in [5.74, 6) is -0.346. The molecule has 1 fully saturated rings. The van der Waals surface area contributed by atoms with Gasteiger partial charge in [-0.25, -0.2) is 4.79 Å². The highest BCUT2D eigenvalue weighted by Gasteiger charge is 2.37. The first-order valence-electron chi connectivity index (χ1n) is 4.33. The van der Waals surface area contributed by atoms with Crippen molar-refractivity contribution < 1.29 is 14.3 Å². The average Bonchev–Trinajstić information content (AvgIpc) is 2.40. The Morgan fingerprint density at radius 3 is 2.92 bits per heavy atom. The van der Waals surface area contributed by atoms with Crippen molar-refractivity contribution in [3.05, 3.63) is 24.8 Å². The second kappa shape index (κ2) is 4.23. The summed E-state index contributed by atoms with van der Waals surface area (Å²) in [5, 5.41) is 0. The summed E-state index contributed by atoms with van der Waals surface area (Å²) in [6, 6.07) is 0. The van der Waals surface area contributed by atoms with Gasteiger partial charge in [-0.3, -0.25) is 0 Å². The summed E-state index contributed by atoms with van der Waals surface area (Å²) >= 11 is 0. The van der Waals surface area contributed by atoms with Gasteiger partial charge in [0.2, 0.25) is 0 Å². The SMILES string of the molecule is C=CCOC1C(=C)C(=O)O[C@@H]1CC. The van der Waals surface area contributed by atoms with Crippen molar-refractivity contribution in [1.29, 1.82) is 0 Å². The largest absolute Gasteiger partial charge is 0.456 e. The summed E-state index contributed by atoms with van der Waals surface area (Å²) in [4.78, 5) is 11.1. The Morgan fingerprint density at radius 1 is 1.69 bits per heavy atom. The first-order valence-corrected chi connectivity index (χ1v) is 4.33. The van der Waals surface area contributed by atoms with Crippen LogP contribution < -0.4 is 0 Å². The van der Waals surface area contributed by atoms with E-state index in [-0.39, 0.29) is 18.2 Å². The molecule has 1 aliphatic heterocycles. The van der Waals surface area contributed by atoms with E-state index in [1.54, 1.807) is 6.08 Å². The molecule has 1 heterocycles. The second-order valence-corrected chi connectivity index (χ2v) is 2.92. The van der Waals surface area contributed by atoms with E-state index < -0.39 is 0 Å². The fourth-order valence-corrected chi connectivity index (χ4v) is 1.29. The molecule has 1 aliphatic rings. The Hall–Kier alpha value is -1.09. The molecule has 0 aromatic carbocycles. The third kappa shape index (κ3) is 1.98. The zero-order valence-corrected chi connectivity index (χ0v) is 7.79. The molecule has 3 heteroatoms. The average molecular weight is 182 g/mol. The van der Waals surface area contributed by atoms with Crippen LogP contribution in [-0.4, -0.2) is 24.8 Å². The molecule has 72 valence electrons. The number of cyclic esters (lactones) is 1. The van der Waals surface area contributed by atoms with E-state index in [1.807, 2.05) is 6.92 Å². The molecule has 0 amide bonds. The van der Waals surface area contributed by atoms with E-state index in [9.17, 15) is 4.79 Å². The minimum atomic E-state index is -0.346. The molecule has 13 heavy (non-hydrogen) atoms. The lowest BCUT2D eigenvalue weighted by atomic mass is 10.1. The molecule has 3 nitrogen and oxygen atoms in total. The molecule has 0 spiro atoms. The molecule has 0 aromatic rings. The monoisotopic (exact) mass is 182 g/mol. The van der Waals surface area contributed by atoms with Gasteiger partial charge < -0.3 is 9.47 Å². The number of carbonyl (C=O) groups excluding carboxylic acids is 1. The summed E-state index contributed by atoms with van der Waals surface area (Å²) in [6.07, 6.45) is 1.91. The molecule has 1 rings (SSSR count). The van der Waals surface area contributed by atoms with Crippen LogP contribution in [0.1, 0.15) is 13.3 Å². The quantitative estimate of drug-likeness (QED) is 0.375. The number of esters is 1. The smallest absolute Gasteiger partial charge is 0.336 e. The van der Waals surface area contributed by atoms with Gasteiger partial charge in [-0.2, -0.15) is 0 Å². The van der Waals surface area contributed by atoms with Gasteiger partial charge in [0.05, 0.1) is 12.2 Å². The van der Waals surface area contributed by atoms with Gasteiger partial charge in [-0.1, -0.05) is 19.6 Å². The predicted molar refractivity (Wildman–Crippen MR) is 49.2 cm³/mol. The van der Waals surface area contributed by atoms with E-state index in [1.165, 1.54) is 0 Å². The molecule has 0 bridgehead atoms. The maximum atomic E-state index is 11.1. The van der Waals surface area contributed by atoms with E-state index in [4.69, 9.17) is 9.47 Å². The summed E-state index contributed by atoms with van der Waals surface area (Å²) in [6.45, 7) is 9.53. The Labute approximate surface area is 78.0 Å². The van der Waals surface area contributed by atoms with Crippen molar-refractivity contribution in [2.75, 3.05) is 6.61 Å². The summed E-state index contributed by atoms with van der Waals surface area (Å²) in [7, 11) is 0. The van der Waals surface area contributed by atoms with Crippen molar-refractivity contribution in [3.63, 3.8) is 0 Å². The molecule has 0 N–H and O–H groups in total. The Kier molecular flexibility index (Phi) is 3.25. The highest BCUT2D eigenvalue weighted by atomic mass is 16.6. The molecular weight excluding hydrogens is 168 g/mol. The van der Waals surface area contributed by atoms with Crippen LogP contribution in [0.2, 0.25) is 0 Å². The Bertz CT molecular complexity index is 232. The predicted octanol–water partition coefficient (Wildman–Crippen LogP) is 1.45. The topological polar surface area (TPSA) is 35.5 Å². The van der Waals surface area contributed by atoms with Crippen LogP contribution in [0.15, 0.2) is 24.8 Å². The van der Waals surface area contributed by atoms with Gasteiger partial charge in [0, 0.05) is 0 Å². The second-order valence-electron chi connectivity index (χ2n) is 2.92. The minimum absolute atomic E-state index is 0.181. The molecule has 2 atom stereocenters. The van der Waals surface area contributed by atoms with Crippen LogP contribution in [0.5, 0.6) is 0 Å². The molecule has 1 unspecified atom stereocenters. The number of hydrogen-bond acceptors (Lipinski definition) is 3. The normalized spacial score (nSPS) is 27.5. The lowest BCUT2D eigenvalue weighted by Gasteiger charge is -2.15. The number of ether oxygens (including phenoxy) is 2. The highest BCUT2D eigenvalue weighted by Crippen LogP contribution is 2.24. The fourth-order valence-electron chi connectivity index (χ4n) is 1.29. The lowest BCUT2D eigenvalue weighted by Crippen LogP contribution is -2.24. The maximum Gasteiger partial charge on any atom is 0.336 e. The number of carbonyl (C=O) groups is 1. The Morgan fingerprint density at radius 2 is 2.38 bits per heavy atom. The molecule has 0 saturated carbocycles. The van der Waals surface area contributed by atoms with Crippen LogP contribution in [-0.2, 0) is 14.3 Å². The standard InChI is InChI=1S/C10H14O3/c1-4-6-12-9-7(3)10(11)13-8(9)5-2/h4,8-9H,1,3,5-6H2,2H3/t8-,9?/m1/s1. The minimum Gasteiger partial charge on any atom is -0.456 e. The van der Waals surface area contributed by atoms with Crippen molar-refractivity contribution in [3.8, 4) is 0 Å². The van der Waals surface area contributed by atoms with Gasteiger partial charge in [0.25, 0.3) is 0 Å². The van der Waals surface area contributed by atoms with Crippen molar-refractivity contribution in [1.82, 2.24) is 0 Å². The van der Waals surface area contributed by atoms with Crippen LogP contribution in [0.3, 0.4) is 0 Å². The Balaban J connectivity index is 2.62. The maximum absolute atomic E-state index is 11.1. The lowest BCUT2D eigenvalue weighted by molar-refractivity contribution is -0.140. The highest BCUT2D eigenvalue weighted by molar-refractivity contribution is 5.91. The van der Waals surface area contributed by atoms with Crippen molar-refractivity contribution in [2.45, 2.75) is 25.6 Å². The van der Waals surface area contributed by atoms with Crippen LogP contribution >= 0.6 is 0 Å². The van der Waals surface area contributed by atoms with Gasteiger partial charge in [-0.15, -0.1) is 6.58 Å². The number of hydrogen-bond donors (Lipinski definition) is 0. The summed E-state index contributed by atoms with van der Waals surface area (Å²) < 4.78 is 10.4. The van der Waals surface area contributed by atoms with E-state index in [0.717, 1.165) is 6.42 Å². The molecule has 1 saturated heterocycles. The van der Waals surface area contributed by atoms with Gasteiger partial charge in [0.1, 0.15) is 12.2 Å². The van der Waals surface area contributed by atoms with Gasteiger partial charge >= 0.3 is 5.97 Å². The first kappa shape index (κ1) is 9.99. The van der Waals surface area contributed by atoms with Crippen LogP contribution in [0, 0.1) is 0 Å². The summed E-state index contributed by atoms with van der Waals surface area (Å²) in [5.41, 5.74) is 0.411.